The molecule has 0 radical (unpaired) electrons. The number of thiol groups is 1. The van der Waals surface area contributed by atoms with Crippen molar-refractivity contribution in [3.05, 3.63) is 76.4 Å². The molecule has 1 aliphatic rings. The van der Waals surface area contributed by atoms with Crippen LogP contribution in [0.25, 0.3) is 23.0 Å². The lowest BCUT2D eigenvalue weighted by Crippen LogP contribution is -2.44. The van der Waals surface area contributed by atoms with Gasteiger partial charge in [0.1, 0.15) is 33.2 Å². The third kappa shape index (κ3) is 4.47. The Labute approximate surface area is 198 Å². The van der Waals surface area contributed by atoms with Crippen LogP contribution in [0.1, 0.15) is 18.9 Å². The van der Waals surface area contributed by atoms with Crippen molar-refractivity contribution in [2.24, 2.45) is 0 Å². The van der Waals surface area contributed by atoms with Gasteiger partial charge >= 0.3 is 5.97 Å². The molecule has 1 aliphatic heterocycles. The highest BCUT2D eigenvalue weighted by molar-refractivity contribution is 7.89. The Kier molecular flexibility index (Phi) is 6.71. The number of carbonyl (C=O) groups is 1. The average Bonchev–Trinajstić information content (AvgIpc) is 3.32. The molecule has 7 nitrogen and oxygen atoms in total. The molecular weight excluding hydrogens is 468 g/mol. The van der Waals surface area contributed by atoms with Gasteiger partial charge in [0.05, 0.1) is 5.69 Å². The molecule has 3 atom stereocenters. The zero-order chi connectivity index (χ0) is 22.8. The van der Waals surface area contributed by atoms with E-state index in [-0.39, 0.29) is 0 Å². The molecule has 10 heteroatoms. The Morgan fingerprint density at radius 2 is 1.97 bits per heavy atom. The summed E-state index contributed by atoms with van der Waals surface area (Å²) in [4.78, 5) is 11.6. The van der Waals surface area contributed by atoms with Crippen molar-refractivity contribution in [2.75, 3.05) is 0 Å². The third-order valence-corrected chi connectivity index (χ3v) is 7.28. The van der Waals surface area contributed by atoms with Gasteiger partial charge in [0.2, 0.25) is 0 Å². The zero-order valence-corrected chi connectivity index (χ0v) is 19.5. The monoisotopic (exact) mass is 488 g/mol. The third-order valence-electron chi connectivity index (χ3n) is 5.04. The summed E-state index contributed by atoms with van der Waals surface area (Å²) >= 11 is 10.5. The number of aliphatic carboxylic acids is 1. The summed E-state index contributed by atoms with van der Waals surface area (Å²) in [6, 6.07) is 16.0. The fourth-order valence-electron chi connectivity index (χ4n) is 3.47. The Bertz CT molecular complexity index is 1180. The van der Waals surface area contributed by atoms with Crippen molar-refractivity contribution in [2.45, 2.75) is 24.9 Å². The smallest absolute Gasteiger partial charge is 0.322 e. The number of hydrogen-bond donors (Lipinski definition) is 3. The number of nitrogens with one attached hydrogen (secondary N) is 1. The van der Waals surface area contributed by atoms with Gasteiger partial charge < -0.3 is 10.4 Å². The predicted molar refractivity (Wildman–Crippen MR) is 130 cm³/mol. The van der Waals surface area contributed by atoms with Crippen molar-refractivity contribution in [1.29, 1.82) is 0 Å². The fraction of sp³-hybridized carbons (Fsp3) is 0.182. The molecular formula is C22H21ClN4O3S2. The van der Waals surface area contributed by atoms with Crippen molar-refractivity contribution >= 4 is 47.3 Å². The standard InChI is InChI=1S/C22H21ClN4O3S2/c1-2-18(21(28)29)27-22(31)24-19(32(27)30)12-15-13-26(17-6-4-3-5-7-17)25-20(15)14-8-10-16(23)11-9-14/h3-13,18,22,24,31H,2H2,1H3,(H,28,29)/b19-12-. The Balaban J connectivity index is 1.78. The molecule has 1 aromatic heterocycles. The Morgan fingerprint density at radius 1 is 1.28 bits per heavy atom. The first-order chi connectivity index (χ1) is 15.4. The first-order valence-corrected chi connectivity index (χ1v) is 11.9. The first kappa shape index (κ1) is 22.6. The number of aromatic nitrogens is 2. The molecule has 3 aromatic rings. The van der Waals surface area contributed by atoms with Crippen LogP contribution in [0.5, 0.6) is 0 Å². The van der Waals surface area contributed by atoms with Crippen LogP contribution in [0.15, 0.2) is 65.8 Å². The number of benzene rings is 2. The van der Waals surface area contributed by atoms with Crippen molar-refractivity contribution in [3.8, 4) is 16.9 Å². The van der Waals surface area contributed by atoms with E-state index >= 15 is 0 Å². The molecule has 2 N–H and O–H groups in total. The summed E-state index contributed by atoms with van der Waals surface area (Å²) in [7, 11) is -1.72. The molecule has 3 unspecified atom stereocenters. The molecule has 166 valence electrons. The topological polar surface area (TPSA) is 87.5 Å². The summed E-state index contributed by atoms with van der Waals surface area (Å²) in [6.45, 7) is 1.74. The van der Waals surface area contributed by atoms with E-state index in [1.807, 2.05) is 48.7 Å². The molecule has 0 aliphatic carbocycles. The summed E-state index contributed by atoms with van der Waals surface area (Å²) in [5.74, 6) is -1.04. The average molecular weight is 489 g/mol. The molecule has 32 heavy (non-hydrogen) atoms. The number of carboxylic acid groups (broad SMARTS) is 1. The minimum atomic E-state index is -1.72. The van der Waals surface area contributed by atoms with Gasteiger partial charge in [-0.3, -0.25) is 4.79 Å². The highest BCUT2D eigenvalue weighted by atomic mass is 35.5. The van der Waals surface area contributed by atoms with Crippen molar-refractivity contribution < 1.29 is 14.1 Å². The minimum Gasteiger partial charge on any atom is -0.480 e. The van der Waals surface area contributed by atoms with E-state index in [1.165, 1.54) is 4.31 Å². The van der Waals surface area contributed by atoms with Crippen LogP contribution in [0.2, 0.25) is 5.02 Å². The second-order valence-electron chi connectivity index (χ2n) is 7.12. The van der Waals surface area contributed by atoms with E-state index in [0.29, 0.717) is 22.2 Å². The number of hydrogen-bond acceptors (Lipinski definition) is 5. The summed E-state index contributed by atoms with van der Waals surface area (Å²) < 4.78 is 16.2. The quantitative estimate of drug-likeness (QED) is 0.454. The van der Waals surface area contributed by atoms with Crippen LogP contribution in [-0.2, 0) is 15.8 Å². The SMILES string of the molecule is CCC(C(=O)O)N1C(S)N/C(=C/c2cn(-c3ccccc3)nc2-c2ccc(Cl)cc2)S1=O. The van der Waals surface area contributed by atoms with E-state index in [4.69, 9.17) is 16.7 Å². The van der Waals surface area contributed by atoms with Gasteiger partial charge in [-0.15, -0.1) is 12.6 Å². The largest absolute Gasteiger partial charge is 0.480 e. The second kappa shape index (κ2) is 9.50. The van der Waals surface area contributed by atoms with Crippen LogP contribution >= 0.6 is 24.2 Å². The highest BCUT2D eigenvalue weighted by Gasteiger charge is 2.40. The number of para-hydroxylation sites is 1. The number of halogens is 1. The maximum Gasteiger partial charge on any atom is 0.322 e. The summed E-state index contributed by atoms with van der Waals surface area (Å²) in [5.41, 5.74) is 2.43. The molecule has 4 rings (SSSR count). The van der Waals surface area contributed by atoms with E-state index in [9.17, 15) is 14.1 Å². The van der Waals surface area contributed by atoms with Gasteiger partial charge in [-0.1, -0.05) is 48.9 Å². The Morgan fingerprint density at radius 3 is 2.59 bits per heavy atom. The minimum absolute atomic E-state index is 0.301. The number of nitrogens with zero attached hydrogens (tertiary/aromatic N) is 3. The van der Waals surface area contributed by atoms with Gasteiger partial charge in [-0.2, -0.15) is 9.40 Å². The van der Waals surface area contributed by atoms with Gasteiger partial charge in [-0.25, -0.2) is 8.89 Å². The molecule has 2 heterocycles. The Hall–Kier alpha value is -2.59. The maximum atomic E-state index is 13.1. The molecule has 1 saturated heterocycles. The number of rotatable bonds is 6. The van der Waals surface area contributed by atoms with E-state index in [0.717, 1.165) is 16.8 Å². The lowest BCUT2D eigenvalue weighted by Gasteiger charge is -2.23. The first-order valence-electron chi connectivity index (χ1n) is 9.89. The van der Waals surface area contributed by atoms with Gasteiger partial charge in [0.15, 0.2) is 0 Å². The molecule has 0 bridgehead atoms. The van der Waals surface area contributed by atoms with Gasteiger partial charge in [0, 0.05) is 22.3 Å². The molecule has 0 spiro atoms. The van der Waals surface area contributed by atoms with Crippen LogP contribution in [0, 0.1) is 0 Å². The van der Waals surface area contributed by atoms with Crippen molar-refractivity contribution in [3.63, 3.8) is 0 Å². The summed E-state index contributed by atoms with van der Waals surface area (Å²) in [6.07, 6.45) is 3.87. The second-order valence-corrected chi connectivity index (χ2v) is 9.40. The van der Waals surface area contributed by atoms with Gasteiger partial charge in [0.25, 0.3) is 0 Å². The maximum absolute atomic E-state index is 13.1. The van der Waals surface area contributed by atoms with Crippen LogP contribution in [0.3, 0.4) is 0 Å². The molecule has 2 aromatic carbocycles. The normalized spacial score (nSPS) is 20.9. The van der Waals surface area contributed by atoms with Crippen LogP contribution in [-0.4, -0.2) is 40.9 Å². The van der Waals surface area contributed by atoms with E-state index < -0.39 is 28.5 Å². The summed E-state index contributed by atoms with van der Waals surface area (Å²) in [5, 5.41) is 18.3. The molecule has 0 saturated carbocycles. The molecule has 0 amide bonds. The highest BCUT2D eigenvalue weighted by Crippen LogP contribution is 2.30. The predicted octanol–water partition coefficient (Wildman–Crippen LogP) is 4.14. The molecule has 1 fully saturated rings. The lowest BCUT2D eigenvalue weighted by atomic mass is 10.1. The number of carboxylic acids is 1. The van der Waals surface area contributed by atoms with Crippen LogP contribution in [0.4, 0.5) is 0 Å². The van der Waals surface area contributed by atoms with E-state index in [1.54, 1.807) is 29.8 Å². The van der Waals surface area contributed by atoms with Crippen LogP contribution < -0.4 is 5.32 Å². The zero-order valence-electron chi connectivity index (χ0n) is 17.1. The van der Waals surface area contributed by atoms with E-state index in [2.05, 4.69) is 17.9 Å². The fourth-order valence-corrected chi connectivity index (χ4v) is 5.61. The van der Waals surface area contributed by atoms with Crippen molar-refractivity contribution in [1.82, 2.24) is 19.4 Å². The lowest BCUT2D eigenvalue weighted by molar-refractivity contribution is -0.141. The van der Waals surface area contributed by atoms with Gasteiger partial charge in [-0.05, 0) is 36.8 Å².